The lowest BCUT2D eigenvalue weighted by Gasteiger charge is -2.07. The van der Waals surface area contributed by atoms with E-state index in [-0.39, 0.29) is 5.91 Å². The van der Waals surface area contributed by atoms with E-state index in [1.807, 2.05) is 53.2 Å². The first-order chi connectivity index (χ1) is 11.8. The van der Waals surface area contributed by atoms with Crippen LogP contribution in [-0.4, -0.2) is 15.5 Å². The van der Waals surface area contributed by atoms with Crippen molar-refractivity contribution in [3.63, 3.8) is 0 Å². The smallest absolute Gasteiger partial charge is 0.224 e. The van der Waals surface area contributed by atoms with Crippen LogP contribution in [0.4, 0.5) is 0 Å². The average molecular weight is 315 g/mol. The zero-order valence-electron chi connectivity index (χ0n) is 13.1. The Morgan fingerprint density at radius 2 is 1.79 bits per heavy atom. The maximum absolute atomic E-state index is 12.3. The van der Waals surface area contributed by atoms with Crippen molar-refractivity contribution in [2.45, 2.75) is 13.0 Å². The van der Waals surface area contributed by atoms with Crippen LogP contribution in [0.1, 0.15) is 11.1 Å². The second kappa shape index (κ2) is 6.16. The molecule has 0 aliphatic carbocycles. The topological polar surface area (TPSA) is 46.4 Å². The van der Waals surface area contributed by atoms with Crippen LogP contribution in [0.2, 0.25) is 0 Å². The van der Waals surface area contributed by atoms with Crippen molar-refractivity contribution >= 4 is 22.2 Å². The van der Waals surface area contributed by atoms with Crippen molar-refractivity contribution in [3.05, 3.63) is 84.2 Å². The van der Waals surface area contributed by atoms with Gasteiger partial charge in [0.25, 0.3) is 0 Å². The summed E-state index contributed by atoms with van der Waals surface area (Å²) in [5, 5.41) is 9.57. The molecule has 0 spiro atoms. The number of carbonyl (C=O) groups is 1. The quantitative estimate of drug-likeness (QED) is 0.628. The van der Waals surface area contributed by atoms with Gasteiger partial charge in [-0.2, -0.15) is 5.10 Å². The summed E-state index contributed by atoms with van der Waals surface area (Å²) in [4.78, 5) is 12.3. The Labute approximate surface area is 139 Å². The highest BCUT2D eigenvalue weighted by Crippen LogP contribution is 2.19. The van der Waals surface area contributed by atoms with Gasteiger partial charge in [-0.1, -0.05) is 48.5 Å². The summed E-state index contributed by atoms with van der Waals surface area (Å²) in [5.74, 6) is 0.0154. The molecule has 0 atom stereocenters. The number of pyridine rings is 1. The summed E-state index contributed by atoms with van der Waals surface area (Å²) >= 11 is 0. The van der Waals surface area contributed by atoms with Gasteiger partial charge in [0, 0.05) is 18.3 Å². The molecule has 118 valence electrons. The van der Waals surface area contributed by atoms with Crippen molar-refractivity contribution in [1.29, 1.82) is 0 Å². The van der Waals surface area contributed by atoms with Crippen LogP contribution in [0.25, 0.3) is 16.3 Å². The number of amides is 1. The summed E-state index contributed by atoms with van der Waals surface area (Å²) in [7, 11) is 0. The van der Waals surface area contributed by atoms with Crippen molar-refractivity contribution < 1.29 is 4.79 Å². The van der Waals surface area contributed by atoms with E-state index in [1.165, 1.54) is 0 Å². The van der Waals surface area contributed by atoms with Crippen LogP contribution in [0, 0.1) is 0 Å². The Balaban J connectivity index is 1.48. The van der Waals surface area contributed by atoms with Gasteiger partial charge in [-0.25, -0.2) is 4.52 Å². The number of hydrogen-bond donors (Lipinski definition) is 1. The highest BCUT2D eigenvalue weighted by Gasteiger charge is 2.08. The number of fused-ring (bicyclic) bond motifs is 2. The zero-order valence-corrected chi connectivity index (χ0v) is 13.1. The highest BCUT2D eigenvalue weighted by molar-refractivity contribution is 5.90. The molecular weight excluding hydrogens is 298 g/mol. The largest absolute Gasteiger partial charge is 0.352 e. The van der Waals surface area contributed by atoms with E-state index in [0.717, 1.165) is 27.4 Å². The first kappa shape index (κ1) is 14.5. The molecule has 2 aromatic heterocycles. The van der Waals surface area contributed by atoms with Crippen molar-refractivity contribution in [1.82, 2.24) is 14.9 Å². The van der Waals surface area contributed by atoms with Gasteiger partial charge in [-0.3, -0.25) is 4.79 Å². The fraction of sp³-hybridized carbons (Fsp3) is 0.100. The lowest BCUT2D eigenvalue weighted by Crippen LogP contribution is -2.24. The lowest BCUT2D eigenvalue weighted by atomic mass is 10.0. The molecule has 1 amide bonds. The van der Waals surface area contributed by atoms with Gasteiger partial charge in [0.2, 0.25) is 5.91 Å². The molecule has 0 saturated carbocycles. The first-order valence-corrected chi connectivity index (χ1v) is 7.96. The summed E-state index contributed by atoms with van der Waals surface area (Å²) in [5.41, 5.74) is 3.08. The SMILES string of the molecule is O=C(Cc1cccc2ccccc12)NCc1cnn2ccccc12. The van der Waals surface area contributed by atoms with E-state index in [0.29, 0.717) is 13.0 Å². The third-order valence-corrected chi connectivity index (χ3v) is 4.21. The molecule has 24 heavy (non-hydrogen) atoms. The number of aromatic nitrogens is 2. The maximum Gasteiger partial charge on any atom is 0.224 e. The summed E-state index contributed by atoms with van der Waals surface area (Å²) < 4.78 is 1.81. The van der Waals surface area contributed by atoms with Crippen molar-refractivity contribution in [2.75, 3.05) is 0 Å². The summed E-state index contributed by atoms with van der Waals surface area (Å²) in [6.07, 6.45) is 4.07. The number of hydrogen-bond acceptors (Lipinski definition) is 2. The lowest BCUT2D eigenvalue weighted by molar-refractivity contribution is -0.120. The van der Waals surface area contributed by atoms with E-state index in [1.54, 1.807) is 6.20 Å². The van der Waals surface area contributed by atoms with Gasteiger partial charge in [0.1, 0.15) is 0 Å². The maximum atomic E-state index is 12.3. The molecule has 0 bridgehead atoms. The van der Waals surface area contributed by atoms with Crippen LogP contribution < -0.4 is 5.32 Å². The van der Waals surface area contributed by atoms with E-state index in [4.69, 9.17) is 0 Å². The standard InChI is InChI=1S/C20H17N3O/c24-20(12-16-8-5-7-15-6-1-2-9-18(15)16)21-13-17-14-22-23-11-4-3-10-19(17)23/h1-11,14H,12-13H2,(H,21,24). The number of nitrogens with zero attached hydrogens (tertiary/aromatic N) is 2. The second-order valence-corrected chi connectivity index (χ2v) is 5.79. The molecule has 1 N–H and O–H groups in total. The third kappa shape index (κ3) is 2.74. The molecule has 0 fully saturated rings. The molecule has 4 aromatic rings. The molecule has 0 aliphatic heterocycles. The monoisotopic (exact) mass is 315 g/mol. The van der Waals surface area contributed by atoms with Gasteiger partial charge in [-0.15, -0.1) is 0 Å². The Bertz CT molecular complexity index is 1010. The minimum absolute atomic E-state index is 0.0154. The van der Waals surface area contributed by atoms with Crippen LogP contribution >= 0.6 is 0 Å². The molecule has 0 unspecified atom stereocenters. The van der Waals surface area contributed by atoms with E-state index >= 15 is 0 Å². The second-order valence-electron chi connectivity index (χ2n) is 5.79. The highest BCUT2D eigenvalue weighted by atomic mass is 16.1. The van der Waals surface area contributed by atoms with Crippen LogP contribution in [0.3, 0.4) is 0 Å². The van der Waals surface area contributed by atoms with Crippen molar-refractivity contribution in [3.8, 4) is 0 Å². The van der Waals surface area contributed by atoms with E-state index in [2.05, 4.69) is 28.6 Å². The molecule has 4 rings (SSSR count). The fourth-order valence-corrected chi connectivity index (χ4v) is 3.00. The molecule has 2 heterocycles. The van der Waals surface area contributed by atoms with E-state index in [9.17, 15) is 4.79 Å². The molecule has 0 aliphatic rings. The predicted molar refractivity (Wildman–Crippen MR) is 94.7 cm³/mol. The minimum Gasteiger partial charge on any atom is -0.352 e. The van der Waals surface area contributed by atoms with Crippen LogP contribution in [0.5, 0.6) is 0 Å². The van der Waals surface area contributed by atoms with Crippen LogP contribution in [0.15, 0.2) is 73.1 Å². The molecule has 2 aromatic carbocycles. The van der Waals surface area contributed by atoms with E-state index < -0.39 is 0 Å². The number of benzene rings is 2. The fourth-order valence-electron chi connectivity index (χ4n) is 3.00. The zero-order chi connectivity index (χ0) is 16.4. The normalized spacial score (nSPS) is 11.0. The molecule has 0 saturated heterocycles. The minimum atomic E-state index is 0.0154. The first-order valence-electron chi connectivity index (χ1n) is 7.96. The third-order valence-electron chi connectivity index (χ3n) is 4.21. The Kier molecular flexibility index (Phi) is 3.71. The number of carbonyl (C=O) groups excluding carboxylic acids is 1. The Hall–Kier alpha value is -3.14. The number of nitrogens with one attached hydrogen (secondary N) is 1. The van der Waals surface area contributed by atoms with Crippen molar-refractivity contribution in [2.24, 2.45) is 0 Å². The Morgan fingerprint density at radius 1 is 0.958 bits per heavy atom. The van der Waals surface area contributed by atoms with Gasteiger partial charge in [0.05, 0.1) is 18.1 Å². The van der Waals surface area contributed by atoms with Gasteiger partial charge in [0.15, 0.2) is 0 Å². The van der Waals surface area contributed by atoms with Gasteiger partial charge < -0.3 is 5.32 Å². The van der Waals surface area contributed by atoms with Gasteiger partial charge >= 0.3 is 0 Å². The molecule has 4 heteroatoms. The predicted octanol–water partition coefficient (Wildman–Crippen LogP) is 3.35. The average Bonchev–Trinajstić information content (AvgIpc) is 3.04. The summed E-state index contributed by atoms with van der Waals surface area (Å²) in [6.45, 7) is 0.483. The molecule has 0 radical (unpaired) electrons. The molecule has 4 nitrogen and oxygen atoms in total. The molecular formula is C20H17N3O. The van der Waals surface area contributed by atoms with Gasteiger partial charge in [-0.05, 0) is 28.5 Å². The number of rotatable bonds is 4. The summed E-state index contributed by atoms with van der Waals surface area (Å²) in [6, 6.07) is 20.1. The Morgan fingerprint density at radius 3 is 2.75 bits per heavy atom. The van der Waals surface area contributed by atoms with Crippen LogP contribution in [-0.2, 0) is 17.8 Å².